The maximum absolute atomic E-state index is 11.4. The summed E-state index contributed by atoms with van der Waals surface area (Å²) in [5.41, 5.74) is 0. The lowest BCUT2D eigenvalue weighted by Crippen LogP contribution is -2.18. The zero-order valence-electron chi connectivity index (χ0n) is 8.11. The van der Waals surface area contributed by atoms with Crippen molar-refractivity contribution >= 4 is 5.97 Å². The number of hydrogen-bond donors (Lipinski definition) is 0. The third-order valence-corrected chi connectivity index (χ3v) is 1.97. The van der Waals surface area contributed by atoms with E-state index in [9.17, 15) is 4.79 Å². The van der Waals surface area contributed by atoms with Gasteiger partial charge in [0, 0.05) is 0 Å². The number of esters is 1. The van der Waals surface area contributed by atoms with E-state index >= 15 is 0 Å². The first-order valence-corrected chi connectivity index (χ1v) is 4.28. The first-order chi connectivity index (χ1) is 6.16. The Hall–Kier alpha value is -1.25. The molecule has 1 unspecified atom stereocenters. The van der Waals surface area contributed by atoms with E-state index in [2.05, 4.69) is 0 Å². The highest BCUT2D eigenvalue weighted by atomic mass is 16.5. The van der Waals surface area contributed by atoms with E-state index in [-0.39, 0.29) is 17.8 Å². The average Bonchev–Trinajstić information content (AvgIpc) is 2.56. The lowest BCUT2D eigenvalue weighted by Gasteiger charge is -2.15. The van der Waals surface area contributed by atoms with Gasteiger partial charge < -0.3 is 9.15 Å². The Morgan fingerprint density at radius 3 is 2.62 bits per heavy atom. The molecule has 1 rings (SSSR count). The zero-order chi connectivity index (χ0) is 9.84. The third-order valence-electron chi connectivity index (χ3n) is 1.97. The molecule has 13 heavy (non-hydrogen) atoms. The molecule has 0 bridgehead atoms. The minimum atomic E-state index is -0.292. The van der Waals surface area contributed by atoms with Gasteiger partial charge in [-0.25, -0.2) is 0 Å². The first-order valence-electron chi connectivity index (χ1n) is 4.28. The van der Waals surface area contributed by atoms with E-state index in [0.29, 0.717) is 5.76 Å². The topological polar surface area (TPSA) is 39.4 Å². The summed E-state index contributed by atoms with van der Waals surface area (Å²) in [5, 5.41) is 0. The Morgan fingerprint density at radius 2 is 2.23 bits per heavy atom. The number of carbonyl (C=O) groups excluding carboxylic acids is 1. The normalized spacial score (nSPS) is 12.9. The summed E-state index contributed by atoms with van der Waals surface area (Å²) in [7, 11) is 1.39. The number of methoxy groups -OCH3 is 1. The molecule has 0 aromatic carbocycles. The molecule has 3 nitrogen and oxygen atoms in total. The number of rotatable bonds is 3. The lowest BCUT2D eigenvalue weighted by molar-refractivity contribution is -0.144. The molecule has 0 amide bonds. The van der Waals surface area contributed by atoms with Gasteiger partial charge in [-0.1, -0.05) is 13.8 Å². The predicted octanol–water partition coefficient (Wildman–Crippen LogP) is 2.19. The second-order valence-corrected chi connectivity index (χ2v) is 3.26. The van der Waals surface area contributed by atoms with Crippen molar-refractivity contribution in [1.29, 1.82) is 0 Å². The van der Waals surface area contributed by atoms with E-state index in [4.69, 9.17) is 9.15 Å². The smallest absolute Gasteiger partial charge is 0.316 e. The fourth-order valence-corrected chi connectivity index (χ4v) is 1.31. The highest BCUT2D eigenvalue weighted by Gasteiger charge is 2.27. The molecule has 0 spiro atoms. The minimum Gasteiger partial charge on any atom is -0.468 e. The molecule has 1 atom stereocenters. The average molecular weight is 182 g/mol. The molecule has 1 aromatic rings. The summed E-state index contributed by atoms with van der Waals surface area (Å²) in [6, 6.07) is 3.56. The van der Waals surface area contributed by atoms with Crippen LogP contribution in [0.1, 0.15) is 25.5 Å². The Kier molecular flexibility index (Phi) is 3.12. The quantitative estimate of drug-likeness (QED) is 0.672. The highest BCUT2D eigenvalue weighted by molar-refractivity contribution is 5.77. The van der Waals surface area contributed by atoms with Crippen LogP contribution in [0.2, 0.25) is 0 Å². The molecule has 3 heteroatoms. The van der Waals surface area contributed by atoms with Crippen LogP contribution in [-0.2, 0) is 9.53 Å². The summed E-state index contributed by atoms with van der Waals surface area (Å²) < 4.78 is 9.88. The van der Waals surface area contributed by atoms with Gasteiger partial charge in [-0.05, 0) is 18.1 Å². The zero-order valence-corrected chi connectivity index (χ0v) is 8.11. The van der Waals surface area contributed by atoms with Crippen LogP contribution in [0, 0.1) is 5.92 Å². The van der Waals surface area contributed by atoms with Crippen LogP contribution in [0.15, 0.2) is 22.8 Å². The summed E-state index contributed by atoms with van der Waals surface area (Å²) in [6.45, 7) is 3.92. The number of carbonyl (C=O) groups is 1. The van der Waals surface area contributed by atoms with Crippen molar-refractivity contribution in [3.8, 4) is 0 Å². The molecule has 0 fully saturated rings. The van der Waals surface area contributed by atoms with Gasteiger partial charge in [0.05, 0.1) is 13.4 Å². The van der Waals surface area contributed by atoms with Crippen molar-refractivity contribution in [3.63, 3.8) is 0 Å². The van der Waals surface area contributed by atoms with Crippen LogP contribution in [0.4, 0.5) is 0 Å². The van der Waals surface area contributed by atoms with Crippen LogP contribution in [0.3, 0.4) is 0 Å². The van der Waals surface area contributed by atoms with Crippen molar-refractivity contribution < 1.29 is 13.9 Å². The van der Waals surface area contributed by atoms with Gasteiger partial charge in [-0.15, -0.1) is 0 Å². The Morgan fingerprint density at radius 1 is 1.54 bits per heavy atom. The standard InChI is InChI=1S/C10H14O3/c1-7(2)9(10(11)12-3)8-5-4-6-13-8/h4-7,9H,1-3H3. The second-order valence-electron chi connectivity index (χ2n) is 3.26. The molecule has 1 aromatic heterocycles. The Labute approximate surface area is 77.7 Å². The van der Waals surface area contributed by atoms with Crippen molar-refractivity contribution in [2.75, 3.05) is 7.11 Å². The molecule has 1 heterocycles. The van der Waals surface area contributed by atoms with Gasteiger partial charge in [0.25, 0.3) is 0 Å². The van der Waals surface area contributed by atoms with E-state index in [1.165, 1.54) is 7.11 Å². The van der Waals surface area contributed by atoms with Crippen molar-refractivity contribution in [2.45, 2.75) is 19.8 Å². The molecule has 0 saturated carbocycles. The van der Waals surface area contributed by atoms with Crippen LogP contribution in [0.5, 0.6) is 0 Å². The van der Waals surface area contributed by atoms with E-state index in [0.717, 1.165) is 0 Å². The first kappa shape index (κ1) is 9.84. The van der Waals surface area contributed by atoms with Gasteiger partial charge in [-0.2, -0.15) is 0 Å². The van der Waals surface area contributed by atoms with Crippen LogP contribution < -0.4 is 0 Å². The van der Waals surface area contributed by atoms with E-state index < -0.39 is 0 Å². The SMILES string of the molecule is COC(=O)C(c1ccco1)C(C)C. The molecule has 0 aliphatic rings. The maximum Gasteiger partial charge on any atom is 0.316 e. The summed E-state index contributed by atoms with van der Waals surface area (Å²) in [5.74, 6) is 0.311. The summed E-state index contributed by atoms with van der Waals surface area (Å²) >= 11 is 0. The molecule has 0 N–H and O–H groups in total. The Bertz CT molecular complexity index is 262. The number of hydrogen-bond acceptors (Lipinski definition) is 3. The van der Waals surface area contributed by atoms with Crippen LogP contribution in [-0.4, -0.2) is 13.1 Å². The largest absolute Gasteiger partial charge is 0.468 e. The molecule has 72 valence electrons. The number of furan rings is 1. The minimum absolute atomic E-state index is 0.179. The van der Waals surface area contributed by atoms with Crippen LogP contribution in [0.25, 0.3) is 0 Å². The lowest BCUT2D eigenvalue weighted by atomic mass is 9.93. The monoisotopic (exact) mass is 182 g/mol. The van der Waals surface area contributed by atoms with Crippen molar-refractivity contribution in [1.82, 2.24) is 0 Å². The second kappa shape index (κ2) is 4.12. The van der Waals surface area contributed by atoms with E-state index in [1.807, 2.05) is 13.8 Å². The predicted molar refractivity (Wildman–Crippen MR) is 48.3 cm³/mol. The summed E-state index contributed by atoms with van der Waals surface area (Å²) in [6.07, 6.45) is 1.56. The van der Waals surface area contributed by atoms with Gasteiger partial charge in [0.15, 0.2) is 0 Å². The molecular weight excluding hydrogens is 168 g/mol. The maximum atomic E-state index is 11.4. The molecule has 0 radical (unpaired) electrons. The van der Waals surface area contributed by atoms with E-state index in [1.54, 1.807) is 18.4 Å². The highest BCUT2D eigenvalue weighted by Crippen LogP contribution is 2.25. The molecule has 0 saturated heterocycles. The third kappa shape index (κ3) is 2.11. The Balaban J connectivity index is 2.87. The molecule has 0 aliphatic carbocycles. The van der Waals surface area contributed by atoms with Gasteiger partial charge in [-0.3, -0.25) is 4.79 Å². The molecular formula is C10H14O3. The molecule has 0 aliphatic heterocycles. The van der Waals surface area contributed by atoms with Crippen molar-refractivity contribution in [3.05, 3.63) is 24.2 Å². The fraction of sp³-hybridized carbons (Fsp3) is 0.500. The van der Waals surface area contributed by atoms with Gasteiger partial charge in [0.1, 0.15) is 11.7 Å². The van der Waals surface area contributed by atoms with Gasteiger partial charge in [0.2, 0.25) is 0 Å². The fourth-order valence-electron chi connectivity index (χ4n) is 1.31. The van der Waals surface area contributed by atoms with Crippen LogP contribution >= 0.6 is 0 Å². The summed E-state index contributed by atoms with van der Waals surface area (Å²) in [4.78, 5) is 11.4. The van der Waals surface area contributed by atoms with Crippen molar-refractivity contribution in [2.24, 2.45) is 5.92 Å². The number of ether oxygens (including phenoxy) is 1. The van der Waals surface area contributed by atoms with Gasteiger partial charge >= 0.3 is 5.97 Å².